The van der Waals surface area contributed by atoms with Gasteiger partial charge in [-0.1, -0.05) is 26.2 Å². The number of nitrogens with one attached hydrogen (secondary N) is 1. The standard InChI is InChI=1S/C15H28N2O3/c1-3-4-5-7-12(2)16-14(18)11-17-9-6-8-13(17)10-15(19)20/h12-13H,3-11H2,1-2H3,(H,16,18)(H,19,20). The van der Waals surface area contributed by atoms with E-state index < -0.39 is 5.97 Å². The van der Waals surface area contributed by atoms with Crippen LogP contribution < -0.4 is 5.32 Å². The minimum Gasteiger partial charge on any atom is -0.481 e. The highest BCUT2D eigenvalue weighted by Gasteiger charge is 2.28. The largest absolute Gasteiger partial charge is 0.481 e. The minimum atomic E-state index is -0.782. The molecule has 0 spiro atoms. The van der Waals surface area contributed by atoms with E-state index in [-0.39, 0.29) is 24.4 Å². The number of carbonyl (C=O) groups excluding carboxylic acids is 1. The highest BCUT2D eigenvalue weighted by Crippen LogP contribution is 2.19. The van der Waals surface area contributed by atoms with Gasteiger partial charge >= 0.3 is 5.97 Å². The smallest absolute Gasteiger partial charge is 0.304 e. The molecular weight excluding hydrogens is 256 g/mol. The van der Waals surface area contributed by atoms with Crippen LogP contribution in [-0.2, 0) is 9.59 Å². The van der Waals surface area contributed by atoms with Crippen LogP contribution in [0.15, 0.2) is 0 Å². The first kappa shape index (κ1) is 17.0. The van der Waals surface area contributed by atoms with Crippen molar-refractivity contribution in [2.75, 3.05) is 13.1 Å². The summed E-state index contributed by atoms with van der Waals surface area (Å²) in [5.41, 5.74) is 0. The molecule has 1 saturated heterocycles. The number of aliphatic carboxylic acids is 1. The van der Waals surface area contributed by atoms with E-state index in [4.69, 9.17) is 5.11 Å². The molecule has 5 nitrogen and oxygen atoms in total. The lowest BCUT2D eigenvalue weighted by Crippen LogP contribution is -2.43. The molecule has 1 aliphatic heterocycles. The number of unbranched alkanes of at least 4 members (excludes halogenated alkanes) is 2. The van der Waals surface area contributed by atoms with Gasteiger partial charge in [0.1, 0.15) is 0 Å². The van der Waals surface area contributed by atoms with E-state index in [0.717, 1.165) is 32.2 Å². The first-order chi connectivity index (χ1) is 9.52. The Hall–Kier alpha value is -1.10. The van der Waals surface area contributed by atoms with Crippen LogP contribution in [0.25, 0.3) is 0 Å². The first-order valence-electron chi connectivity index (χ1n) is 7.78. The Bertz CT molecular complexity index is 320. The van der Waals surface area contributed by atoms with Gasteiger partial charge in [0.25, 0.3) is 0 Å². The van der Waals surface area contributed by atoms with Gasteiger partial charge in [-0.3, -0.25) is 14.5 Å². The molecule has 0 bridgehead atoms. The van der Waals surface area contributed by atoms with Crippen molar-refractivity contribution in [3.05, 3.63) is 0 Å². The maximum atomic E-state index is 12.0. The van der Waals surface area contributed by atoms with Crippen LogP contribution in [-0.4, -0.2) is 47.1 Å². The van der Waals surface area contributed by atoms with Crippen molar-refractivity contribution < 1.29 is 14.7 Å². The highest BCUT2D eigenvalue weighted by molar-refractivity contribution is 5.78. The van der Waals surface area contributed by atoms with Gasteiger partial charge in [-0.15, -0.1) is 0 Å². The van der Waals surface area contributed by atoms with Crippen LogP contribution in [0.3, 0.4) is 0 Å². The molecule has 1 amide bonds. The lowest BCUT2D eigenvalue weighted by atomic mass is 10.1. The Morgan fingerprint density at radius 1 is 1.40 bits per heavy atom. The molecule has 1 fully saturated rings. The molecule has 1 heterocycles. The molecule has 0 aromatic heterocycles. The third kappa shape index (κ3) is 6.37. The lowest BCUT2D eigenvalue weighted by Gasteiger charge is -2.23. The molecule has 2 N–H and O–H groups in total. The third-order valence-corrected chi connectivity index (χ3v) is 3.90. The van der Waals surface area contributed by atoms with Gasteiger partial charge in [0, 0.05) is 12.1 Å². The van der Waals surface area contributed by atoms with E-state index in [1.165, 1.54) is 12.8 Å². The number of carbonyl (C=O) groups is 2. The van der Waals surface area contributed by atoms with Gasteiger partial charge < -0.3 is 10.4 Å². The van der Waals surface area contributed by atoms with E-state index in [1.807, 2.05) is 11.8 Å². The Balaban J connectivity index is 2.28. The molecule has 2 unspecified atom stereocenters. The van der Waals surface area contributed by atoms with Crippen molar-refractivity contribution >= 4 is 11.9 Å². The lowest BCUT2D eigenvalue weighted by molar-refractivity contribution is -0.138. The summed E-state index contributed by atoms with van der Waals surface area (Å²) in [4.78, 5) is 24.8. The summed E-state index contributed by atoms with van der Waals surface area (Å²) in [6.45, 7) is 5.36. The van der Waals surface area contributed by atoms with Crippen molar-refractivity contribution in [3.63, 3.8) is 0 Å². The van der Waals surface area contributed by atoms with Crippen LogP contribution in [0.1, 0.15) is 58.8 Å². The summed E-state index contributed by atoms with van der Waals surface area (Å²) in [7, 11) is 0. The van der Waals surface area contributed by atoms with E-state index in [0.29, 0.717) is 6.54 Å². The summed E-state index contributed by atoms with van der Waals surface area (Å²) in [5, 5.41) is 11.9. The topological polar surface area (TPSA) is 69.6 Å². The van der Waals surface area contributed by atoms with E-state index in [9.17, 15) is 9.59 Å². The SMILES string of the molecule is CCCCCC(C)NC(=O)CN1CCCC1CC(=O)O. The molecule has 0 aromatic carbocycles. The number of likely N-dealkylation sites (tertiary alicyclic amines) is 1. The number of nitrogens with zero attached hydrogens (tertiary/aromatic N) is 1. The number of hydrogen-bond acceptors (Lipinski definition) is 3. The van der Waals surface area contributed by atoms with Gasteiger partial charge in [-0.25, -0.2) is 0 Å². The van der Waals surface area contributed by atoms with Crippen molar-refractivity contribution in [1.29, 1.82) is 0 Å². The molecule has 0 aliphatic carbocycles. The van der Waals surface area contributed by atoms with Gasteiger partial charge in [-0.2, -0.15) is 0 Å². The summed E-state index contributed by atoms with van der Waals surface area (Å²) in [6, 6.07) is 0.225. The number of carboxylic acid groups (broad SMARTS) is 1. The molecule has 20 heavy (non-hydrogen) atoms. The van der Waals surface area contributed by atoms with Crippen molar-refractivity contribution in [2.24, 2.45) is 0 Å². The number of carboxylic acids is 1. The number of hydrogen-bond donors (Lipinski definition) is 2. The molecule has 2 atom stereocenters. The van der Waals surface area contributed by atoms with Gasteiger partial charge in [0.05, 0.1) is 13.0 Å². The fraction of sp³-hybridized carbons (Fsp3) is 0.867. The molecular formula is C15H28N2O3. The second-order valence-corrected chi connectivity index (χ2v) is 5.83. The normalized spacial score (nSPS) is 20.8. The van der Waals surface area contributed by atoms with E-state index in [2.05, 4.69) is 12.2 Å². The highest BCUT2D eigenvalue weighted by atomic mass is 16.4. The van der Waals surface area contributed by atoms with Crippen molar-refractivity contribution in [3.8, 4) is 0 Å². The Kier molecular flexibility index (Phi) is 7.59. The van der Waals surface area contributed by atoms with Crippen LogP contribution in [0.2, 0.25) is 0 Å². The Labute approximate surface area is 121 Å². The van der Waals surface area contributed by atoms with Crippen LogP contribution in [0.5, 0.6) is 0 Å². The maximum Gasteiger partial charge on any atom is 0.304 e. The first-order valence-corrected chi connectivity index (χ1v) is 7.78. The summed E-state index contributed by atoms with van der Waals surface area (Å²) >= 11 is 0. The minimum absolute atomic E-state index is 0.0197. The monoisotopic (exact) mass is 284 g/mol. The fourth-order valence-corrected chi connectivity index (χ4v) is 2.81. The number of rotatable bonds is 9. The third-order valence-electron chi connectivity index (χ3n) is 3.90. The quantitative estimate of drug-likeness (QED) is 0.635. The summed E-state index contributed by atoms with van der Waals surface area (Å²) in [6.07, 6.45) is 6.54. The molecule has 1 aliphatic rings. The fourth-order valence-electron chi connectivity index (χ4n) is 2.81. The Morgan fingerprint density at radius 2 is 2.15 bits per heavy atom. The molecule has 0 radical (unpaired) electrons. The summed E-state index contributed by atoms with van der Waals surface area (Å²) < 4.78 is 0. The average Bonchev–Trinajstić information content (AvgIpc) is 2.75. The van der Waals surface area contributed by atoms with Gasteiger partial charge in [-0.05, 0) is 32.7 Å². The molecule has 116 valence electrons. The zero-order valence-corrected chi connectivity index (χ0v) is 12.7. The van der Waals surface area contributed by atoms with Crippen LogP contribution >= 0.6 is 0 Å². The maximum absolute atomic E-state index is 12.0. The molecule has 0 aromatic rings. The molecule has 1 rings (SSSR count). The van der Waals surface area contributed by atoms with Crippen LogP contribution in [0, 0.1) is 0 Å². The predicted molar refractivity (Wildman–Crippen MR) is 78.6 cm³/mol. The zero-order chi connectivity index (χ0) is 15.0. The Morgan fingerprint density at radius 3 is 2.80 bits per heavy atom. The van der Waals surface area contributed by atoms with E-state index in [1.54, 1.807) is 0 Å². The van der Waals surface area contributed by atoms with Gasteiger partial charge in [0.2, 0.25) is 5.91 Å². The second kappa shape index (κ2) is 8.95. The predicted octanol–water partition coefficient (Wildman–Crippen LogP) is 2.01. The summed E-state index contributed by atoms with van der Waals surface area (Å²) in [5.74, 6) is -0.762. The van der Waals surface area contributed by atoms with Crippen LogP contribution in [0.4, 0.5) is 0 Å². The van der Waals surface area contributed by atoms with Gasteiger partial charge in [0.15, 0.2) is 0 Å². The second-order valence-electron chi connectivity index (χ2n) is 5.83. The van der Waals surface area contributed by atoms with E-state index >= 15 is 0 Å². The molecule has 0 saturated carbocycles. The zero-order valence-electron chi connectivity index (χ0n) is 12.7. The average molecular weight is 284 g/mol. The van der Waals surface area contributed by atoms with Crippen molar-refractivity contribution in [2.45, 2.75) is 70.9 Å². The number of amides is 1. The molecule has 5 heteroatoms. The van der Waals surface area contributed by atoms with Crippen molar-refractivity contribution in [1.82, 2.24) is 10.2 Å².